The van der Waals surface area contributed by atoms with Crippen LogP contribution in [0, 0.1) is 0 Å². The minimum Gasteiger partial charge on any atom is -0.398 e. The zero-order valence-electron chi connectivity index (χ0n) is 9.77. The largest absolute Gasteiger partial charge is 0.398 e. The number of carbonyl (C=O) groups excluding carboxylic acids is 1. The van der Waals surface area contributed by atoms with E-state index in [1.54, 1.807) is 18.2 Å². The quantitative estimate of drug-likeness (QED) is 0.564. The third-order valence-corrected chi connectivity index (χ3v) is 2.14. The second-order valence-corrected chi connectivity index (χ2v) is 3.17. The molecule has 0 heterocycles. The van der Waals surface area contributed by atoms with Crippen molar-refractivity contribution in [3.05, 3.63) is 35.4 Å². The van der Waals surface area contributed by atoms with Crippen molar-refractivity contribution in [2.24, 2.45) is 11.1 Å². The molecule has 0 aliphatic rings. The summed E-state index contributed by atoms with van der Waals surface area (Å²) in [7, 11) is 2.90. The molecule has 3 N–H and O–H groups in total. The summed E-state index contributed by atoms with van der Waals surface area (Å²) in [5.41, 5.74) is 1.57. The van der Waals surface area contributed by atoms with Gasteiger partial charge in [-0.2, -0.15) is 0 Å². The van der Waals surface area contributed by atoms with Gasteiger partial charge in [-0.15, -0.1) is 0 Å². The van der Waals surface area contributed by atoms with E-state index in [4.69, 9.17) is 5.90 Å². The maximum absolute atomic E-state index is 11.7. The standard InChI is InChI=1S/C11H15N3O3/c1-13-11(15)10(14-16-2)9-6-4-3-5-8(9)7-17-12/h3-6H,7,12H2,1-2H3,(H,13,15). The van der Waals surface area contributed by atoms with Crippen LogP contribution in [-0.4, -0.2) is 25.8 Å². The summed E-state index contributed by atoms with van der Waals surface area (Å²) in [5.74, 6) is 4.70. The second kappa shape index (κ2) is 6.62. The van der Waals surface area contributed by atoms with Gasteiger partial charge in [0.15, 0.2) is 5.71 Å². The topological polar surface area (TPSA) is 85.9 Å². The van der Waals surface area contributed by atoms with Crippen molar-refractivity contribution in [1.29, 1.82) is 0 Å². The first-order valence-electron chi connectivity index (χ1n) is 4.97. The fourth-order valence-corrected chi connectivity index (χ4v) is 1.39. The SMILES string of the molecule is CNC(=O)C(=NOC)c1ccccc1CON. The van der Waals surface area contributed by atoms with Gasteiger partial charge in [-0.25, -0.2) is 5.90 Å². The number of likely N-dealkylation sites (N-methyl/N-ethyl adjacent to an activating group) is 1. The molecule has 0 aromatic heterocycles. The van der Waals surface area contributed by atoms with E-state index in [-0.39, 0.29) is 18.2 Å². The minimum atomic E-state index is -0.337. The summed E-state index contributed by atoms with van der Waals surface area (Å²) in [4.78, 5) is 20.9. The van der Waals surface area contributed by atoms with Gasteiger partial charge in [-0.3, -0.25) is 9.63 Å². The predicted octanol–water partition coefficient (Wildman–Crippen LogP) is 0.173. The van der Waals surface area contributed by atoms with E-state index in [9.17, 15) is 4.79 Å². The molecule has 0 spiro atoms. The molecule has 0 aliphatic carbocycles. The smallest absolute Gasteiger partial charge is 0.273 e. The van der Waals surface area contributed by atoms with E-state index in [1.165, 1.54) is 14.2 Å². The van der Waals surface area contributed by atoms with Crippen LogP contribution in [-0.2, 0) is 21.1 Å². The van der Waals surface area contributed by atoms with Crippen LogP contribution in [0.4, 0.5) is 0 Å². The van der Waals surface area contributed by atoms with Crippen LogP contribution in [0.25, 0.3) is 0 Å². The minimum absolute atomic E-state index is 0.183. The molecule has 0 radical (unpaired) electrons. The highest BCUT2D eigenvalue weighted by molar-refractivity contribution is 6.45. The summed E-state index contributed by atoms with van der Waals surface area (Å²) in [6.07, 6.45) is 0. The second-order valence-electron chi connectivity index (χ2n) is 3.17. The molecule has 0 unspecified atom stereocenters. The third-order valence-electron chi connectivity index (χ3n) is 2.14. The molecular formula is C11H15N3O3. The Morgan fingerprint density at radius 1 is 1.47 bits per heavy atom. The van der Waals surface area contributed by atoms with Crippen LogP contribution in [0.15, 0.2) is 29.4 Å². The lowest BCUT2D eigenvalue weighted by Gasteiger charge is -2.09. The van der Waals surface area contributed by atoms with Crippen LogP contribution < -0.4 is 11.2 Å². The van der Waals surface area contributed by atoms with E-state index >= 15 is 0 Å². The summed E-state index contributed by atoms with van der Waals surface area (Å²) in [5, 5.41) is 6.21. The van der Waals surface area contributed by atoms with Crippen molar-refractivity contribution >= 4 is 11.6 Å². The molecule has 0 fully saturated rings. The Bertz CT molecular complexity index is 418. The molecule has 0 saturated carbocycles. The first kappa shape index (κ1) is 13.1. The highest BCUT2D eigenvalue weighted by Crippen LogP contribution is 2.11. The monoisotopic (exact) mass is 237 g/mol. The average Bonchev–Trinajstić information content (AvgIpc) is 2.36. The molecule has 6 heteroatoms. The Labute approximate surface area is 99.3 Å². The van der Waals surface area contributed by atoms with Gasteiger partial charge < -0.3 is 10.2 Å². The van der Waals surface area contributed by atoms with Crippen molar-refractivity contribution in [3.63, 3.8) is 0 Å². The normalized spacial score (nSPS) is 11.1. The molecule has 6 nitrogen and oxygen atoms in total. The Kier molecular flexibility index (Phi) is 5.12. The number of benzene rings is 1. The molecule has 1 amide bonds. The molecule has 1 aromatic carbocycles. The highest BCUT2D eigenvalue weighted by Gasteiger charge is 2.16. The lowest BCUT2D eigenvalue weighted by Crippen LogP contribution is -2.29. The van der Waals surface area contributed by atoms with E-state index in [0.29, 0.717) is 5.56 Å². The Morgan fingerprint density at radius 2 is 2.18 bits per heavy atom. The first-order valence-corrected chi connectivity index (χ1v) is 4.97. The van der Waals surface area contributed by atoms with Gasteiger partial charge in [-0.05, 0) is 5.56 Å². The number of amides is 1. The van der Waals surface area contributed by atoms with Crippen molar-refractivity contribution < 1.29 is 14.5 Å². The van der Waals surface area contributed by atoms with Gasteiger partial charge in [0.05, 0.1) is 6.61 Å². The van der Waals surface area contributed by atoms with Crippen LogP contribution in [0.5, 0.6) is 0 Å². The fourth-order valence-electron chi connectivity index (χ4n) is 1.39. The number of carbonyl (C=O) groups is 1. The summed E-state index contributed by atoms with van der Waals surface area (Å²) >= 11 is 0. The third kappa shape index (κ3) is 3.27. The van der Waals surface area contributed by atoms with E-state index in [0.717, 1.165) is 5.56 Å². The van der Waals surface area contributed by atoms with Gasteiger partial charge in [-0.1, -0.05) is 29.4 Å². The zero-order valence-corrected chi connectivity index (χ0v) is 9.77. The van der Waals surface area contributed by atoms with Crippen molar-refractivity contribution in [2.45, 2.75) is 6.61 Å². The van der Waals surface area contributed by atoms with Gasteiger partial charge in [0.1, 0.15) is 7.11 Å². The number of rotatable bonds is 5. The van der Waals surface area contributed by atoms with Crippen LogP contribution >= 0.6 is 0 Å². The number of nitrogens with two attached hydrogens (primary N) is 1. The summed E-state index contributed by atoms with van der Waals surface area (Å²) in [6, 6.07) is 7.17. The van der Waals surface area contributed by atoms with E-state index in [1.807, 2.05) is 6.07 Å². The number of nitrogens with zero attached hydrogens (tertiary/aromatic N) is 1. The van der Waals surface area contributed by atoms with Gasteiger partial charge in [0, 0.05) is 12.6 Å². The van der Waals surface area contributed by atoms with Crippen molar-refractivity contribution in [2.75, 3.05) is 14.2 Å². The predicted molar refractivity (Wildman–Crippen MR) is 63.0 cm³/mol. The number of hydrogen-bond acceptors (Lipinski definition) is 5. The molecule has 0 aliphatic heterocycles. The zero-order chi connectivity index (χ0) is 12.7. The maximum atomic E-state index is 11.7. The number of oxime groups is 1. The first-order chi connectivity index (χ1) is 8.24. The van der Waals surface area contributed by atoms with Crippen LogP contribution in [0.2, 0.25) is 0 Å². The van der Waals surface area contributed by atoms with E-state index in [2.05, 4.69) is 20.1 Å². The molecule has 1 rings (SSSR count). The molecule has 17 heavy (non-hydrogen) atoms. The van der Waals surface area contributed by atoms with Crippen LogP contribution in [0.3, 0.4) is 0 Å². The van der Waals surface area contributed by atoms with E-state index < -0.39 is 0 Å². The van der Waals surface area contributed by atoms with Crippen molar-refractivity contribution in [1.82, 2.24) is 5.32 Å². The summed E-state index contributed by atoms with van der Waals surface area (Å²) in [6.45, 7) is 0.190. The summed E-state index contributed by atoms with van der Waals surface area (Å²) < 4.78 is 0. The maximum Gasteiger partial charge on any atom is 0.273 e. The Balaban J connectivity index is 3.18. The van der Waals surface area contributed by atoms with Crippen LogP contribution in [0.1, 0.15) is 11.1 Å². The van der Waals surface area contributed by atoms with Gasteiger partial charge in [0.2, 0.25) is 0 Å². The molecule has 0 atom stereocenters. The van der Waals surface area contributed by atoms with Crippen molar-refractivity contribution in [3.8, 4) is 0 Å². The molecule has 1 aromatic rings. The Morgan fingerprint density at radius 3 is 2.76 bits per heavy atom. The lowest BCUT2D eigenvalue weighted by atomic mass is 10.0. The Hall–Kier alpha value is -1.92. The lowest BCUT2D eigenvalue weighted by molar-refractivity contribution is -0.114. The highest BCUT2D eigenvalue weighted by atomic mass is 16.6. The molecule has 92 valence electrons. The molecule has 0 bridgehead atoms. The van der Waals surface area contributed by atoms with Gasteiger partial charge >= 0.3 is 0 Å². The molecule has 0 saturated heterocycles. The fraction of sp³-hybridized carbons (Fsp3) is 0.273. The molecular weight excluding hydrogens is 222 g/mol. The van der Waals surface area contributed by atoms with Gasteiger partial charge in [0.25, 0.3) is 5.91 Å². The number of nitrogens with one attached hydrogen (secondary N) is 1. The average molecular weight is 237 g/mol. The number of hydrogen-bond donors (Lipinski definition) is 2.